The maximum atomic E-state index is 11.7. The first-order chi connectivity index (χ1) is 8.15. The van der Waals surface area contributed by atoms with Gasteiger partial charge in [-0.2, -0.15) is 0 Å². The molecule has 1 aliphatic rings. The third-order valence-electron chi connectivity index (χ3n) is 3.43. The zero-order valence-corrected chi connectivity index (χ0v) is 10.7. The van der Waals surface area contributed by atoms with Crippen LogP contribution in [-0.2, 0) is 11.3 Å². The fourth-order valence-electron chi connectivity index (χ4n) is 2.53. The molecule has 1 aromatic rings. The van der Waals surface area contributed by atoms with Crippen molar-refractivity contribution in [2.75, 3.05) is 13.6 Å². The van der Waals surface area contributed by atoms with Crippen LogP contribution in [0.4, 0.5) is 0 Å². The largest absolute Gasteiger partial charge is 0.465 e. The molecule has 3 heteroatoms. The summed E-state index contributed by atoms with van der Waals surface area (Å²) in [6, 6.07) is 3.99. The van der Waals surface area contributed by atoms with Crippen molar-refractivity contribution in [1.29, 1.82) is 0 Å². The van der Waals surface area contributed by atoms with Crippen LogP contribution in [-0.4, -0.2) is 24.3 Å². The van der Waals surface area contributed by atoms with E-state index in [2.05, 4.69) is 11.9 Å². The lowest BCUT2D eigenvalue weighted by molar-refractivity contribution is -0.125. The van der Waals surface area contributed by atoms with E-state index >= 15 is 0 Å². The molecule has 0 bridgehead atoms. The van der Waals surface area contributed by atoms with Crippen molar-refractivity contribution >= 4 is 5.78 Å². The van der Waals surface area contributed by atoms with Gasteiger partial charge < -0.3 is 4.42 Å². The van der Waals surface area contributed by atoms with Gasteiger partial charge in [0.15, 0.2) is 0 Å². The average Bonchev–Trinajstić information content (AvgIpc) is 2.67. The number of nitrogens with zero attached hydrogens (tertiary/aromatic N) is 1. The summed E-state index contributed by atoms with van der Waals surface area (Å²) >= 11 is 0. The van der Waals surface area contributed by atoms with Gasteiger partial charge in [-0.25, -0.2) is 0 Å². The van der Waals surface area contributed by atoms with E-state index < -0.39 is 0 Å². The van der Waals surface area contributed by atoms with E-state index in [1.165, 1.54) is 6.42 Å². The maximum Gasteiger partial charge on any atom is 0.137 e. The molecule has 0 saturated heterocycles. The molecule has 0 aromatic carbocycles. The quantitative estimate of drug-likeness (QED) is 0.804. The van der Waals surface area contributed by atoms with Crippen molar-refractivity contribution in [2.24, 2.45) is 5.92 Å². The Balaban J connectivity index is 1.84. The smallest absolute Gasteiger partial charge is 0.137 e. The standard InChI is InChI=1S/C14H21NO2/c1-11-7-8-13(17-11)10-15(2)9-12-5-3-4-6-14(12)16/h7-8,12H,3-6,9-10H2,1-2H3. The molecule has 3 nitrogen and oxygen atoms in total. The molecule has 1 heterocycles. The summed E-state index contributed by atoms with van der Waals surface area (Å²) in [5.74, 6) is 2.61. The molecule has 1 aliphatic carbocycles. The Morgan fingerprint density at radius 1 is 1.41 bits per heavy atom. The molecule has 94 valence electrons. The van der Waals surface area contributed by atoms with Crippen LogP contribution >= 0.6 is 0 Å². The van der Waals surface area contributed by atoms with Crippen molar-refractivity contribution in [1.82, 2.24) is 4.90 Å². The number of rotatable bonds is 4. The lowest BCUT2D eigenvalue weighted by Crippen LogP contribution is -2.31. The average molecular weight is 235 g/mol. The van der Waals surface area contributed by atoms with Gasteiger partial charge in [0.1, 0.15) is 17.3 Å². The lowest BCUT2D eigenvalue weighted by atomic mass is 9.87. The summed E-state index contributed by atoms with van der Waals surface area (Å²) in [7, 11) is 2.06. The highest BCUT2D eigenvalue weighted by molar-refractivity contribution is 5.81. The van der Waals surface area contributed by atoms with Crippen LogP contribution < -0.4 is 0 Å². The molecule has 0 spiro atoms. The summed E-state index contributed by atoms with van der Waals surface area (Å²) in [4.78, 5) is 13.9. The fourth-order valence-corrected chi connectivity index (χ4v) is 2.53. The first-order valence-electron chi connectivity index (χ1n) is 6.42. The Morgan fingerprint density at radius 3 is 2.88 bits per heavy atom. The number of aryl methyl sites for hydroxylation is 1. The van der Waals surface area contributed by atoms with Gasteiger partial charge in [0.2, 0.25) is 0 Å². The van der Waals surface area contributed by atoms with Gasteiger partial charge in [-0.1, -0.05) is 6.42 Å². The Labute approximate surface area is 103 Å². The van der Waals surface area contributed by atoms with Gasteiger partial charge in [0.25, 0.3) is 0 Å². The Bertz CT molecular complexity index is 383. The van der Waals surface area contributed by atoms with Crippen LogP contribution in [0.15, 0.2) is 16.5 Å². The van der Waals surface area contributed by atoms with Crippen LogP contribution in [0.25, 0.3) is 0 Å². The highest BCUT2D eigenvalue weighted by Crippen LogP contribution is 2.21. The zero-order chi connectivity index (χ0) is 12.3. The van der Waals surface area contributed by atoms with E-state index in [0.29, 0.717) is 5.78 Å². The zero-order valence-electron chi connectivity index (χ0n) is 10.7. The number of furan rings is 1. The molecule has 0 aliphatic heterocycles. The molecule has 0 amide bonds. The van der Waals surface area contributed by atoms with Gasteiger partial charge >= 0.3 is 0 Å². The summed E-state index contributed by atoms with van der Waals surface area (Å²) in [6.07, 6.45) is 4.11. The molecule has 0 N–H and O–H groups in total. The van der Waals surface area contributed by atoms with Crippen molar-refractivity contribution in [2.45, 2.75) is 39.2 Å². The minimum absolute atomic E-state index is 0.241. The van der Waals surface area contributed by atoms with E-state index in [1.807, 2.05) is 19.1 Å². The van der Waals surface area contributed by atoms with Gasteiger partial charge in [-0.3, -0.25) is 9.69 Å². The molecular weight excluding hydrogens is 214 g/mol. The van der Waals surface area contributed by atoms with Crippen LogP contribution in [0.1, 0.15) is 37.2 Å². The molecule has 1 aromatic heterocycles. The molecule has 1 unspecified atom stereocenters. The Morgan fingerprint density at radius 2 is 2.24 bits per heavy atom. The number of hydrogen-bond acceptors (Lipinski definition) is 3. The van der Waals surface area contributed by atoms with Gasteiger partial charge in [0.05, 0.1) is 6.54 Å². The van der Waals surface area contributed by atoms with E-state index in [0.717, 1.165) is 43.9 Å². The predicted molar refractivity (Wildman–Crippen MR) is 66.7 cm³/mol. The van der Waals surface area contributed by atoms with Gasteiger partial charge in [-0.15, -0.1) is 0 Å². The molecular formula is C14H21NO2. The molecule has 1 saturated carbocycles. The van der Waals surface area contributed by atoms with Crippen LogP contribution in [0.3, 0.4) is 0 Å². The van der Waals surface area contributed by atoms with Crippen molar-refractivity contribution in [3.8, 4) is 0 Å². The first-order valence-corrected chi connectivity index (χ1v) is 6.42. The molecule has 1 fully saturated rings. The lowest BCUT2D eigenvalue weighted by Gasteiger charge is -2.25. The molecule has 2 rings (SSSR count). The monoisotopic (exact) mass is 235 g/mol. The van der Waals surface area contributed by atoms with Gasteiger partial charge in [-0.05, 0) is 38.9 Å². The Hall–Kier alpha value is -1.09. The first kappa shape index (κ1) is 12.4. The van der Waals surface area contributed by atoms with E-state index in [9.17, 15) is 4.79 Å². The van der Waals surface area contributed by atoms with Crippen LogP contribution in [0.5, 0.6) is 0 Å². The number of Topliss-reactive ketones (excluding diaryl/α,β-unsaturated/α-hetero) is 1. The fraction of sp³-hybridized carbons (Fsp3) is 0.643. The van der Waals surface area contributed by atoms with Crippen LogP contribution in [0, 0.1) is 12.8 Å². The second-order valence-corrected chi connectivity index (χ2v) is 5.12. The molecule has 17 heavy (non-hydrogen) atoms. The number of carbonyl (C=O) groups excluding carboxylic acids is 1. The van der Waals surface area contributed by atoms with Crippen molar-refractivity contribution in [3.05, 3.63) is 23.7 Å². The third-order valence-corrected chi connectivity index (χ3v) is 3.43. The SMILES string of the molecule is Cc1ccc(CN(C)CC2CCCCC2=O)o1. The third kappa shape index (κ3) is 3.43. The Kier molecular flexibility index (Phi) is 4.00. The summed E-state index contributed by atoms with van der Waals surface area (Å²) < 4.78 is 5.54. The van der Waals surface area contributed by atoms with Gasteiger partial charge in [0, 0.05) is 18.9 Å². The van der Waals surface area contributed by atoms with Crippen molar-refractivity contribution < 1.29 is 9.21 Å². The topological polar surface area (TPSA) is 33.5 Å². The second kappa shape index (κ2) is 5.50. The van der Waals surface area contributed by atoms with E-state index in [1.54, 1.807) is 0 Å². The number of ketones is 1. The summed E-state index contributed by atoms with van der Waals surface area (Å²) in [6.45, 7) is 3.60. The minimum atomic E-state index is 0.241. The van der Waals surface area contributed by atoms with Crippen LogP contribution in [0.2, 0.25) is 0 Å². The maximum absolute atomic E-state index is 11.7. The molecule has 0 radical (unpaired) electrons. The summed E-state index contributed by atoms with van der Waals surface area (Å²) in [5.41, 5.74) is 0. The molecule has 1 atom stereocenters. The number of hydrogen-bond donors (Lipinski definition) is 0. The highest BCUT2D eigenvalue weighted by atomic mass is 16.3. The predicted octanol–water partition coefficient (Wildman–Crippen LogP) is 2.78. The van der Waals surface area contributed by atoms with Crippen molar-refractivity contribution in [3.63, 3.8) is 0 Å². The normalized spacial score (nSPS) is 21.1. The number of carbonyl (C=O) groups is 1. The van der Waals surface area contributed by atoms with E-state index in [-0.39, 0.29) is 5.92 Å². The second-order valence-electron chi connectivity index (χ2n) is 5.12. The summed E-state index contributed by atoms with van der Waals surface area (Å²) in [5, 5.41) is 0. The minimum Gasteiger partial charge on any atom is -0.465 e. The van der Waals surface area contributed by atoms with E-state index in [4.69, 9.17) is 4.42 Å². The highest BCUT2D eigenvalue weighted by Gasteiger charge is 2.23.